The van der Waals surface area contributed by atoms with Gasteiger partial charge in [0.1, 0.15) is 0 Å². The van der Waals surface area contributed by atoms with Gasteiger partial charge < -0.3 is 5.32 Å². The Morgan fingerprint density at radius 1 is 1.16 bits per heavy atom. The van der Waals surface area contributed by atoms with Gasteiger partial charge in [0.15, 0.2) is 0 Å². The molecule has 0 aliphatic carbocycles. The van der Waals surface area contributed by atoms with Crippen molar-refractivity contribution >= 4 is 10.8 Å². The van der Waals surface area contributed by atoms with Crippen LogP contribution in [0.3, 0.4) is 0 Å². The first-order chi connectivity index (χ1) is 8.81. The fourth-order valence-corrected chi connectivity index (χ4v) is 3.52. The molecule has 3 unspecified atom stereocenters. The van der Waals surface area contributed by atoms with Gasteiger partial charge in [-0.3, -0.25) is 4.21 Å². The van der Waals surface area contributed by atoms with E-state index in [1.54, 1.807) is 6.26 Å². The SMILES string of the molecule is CC(CS(C)=O)NC(C)CC(C)(C)c1ccccc1. The molecule has 3 heteroatoms. The van der Waals surface area contributed by atoms with E-state index in [1.165, 1.54) is 5.56 Å². The fraction of sp³-hybridized carbons (Fsp3) is 0.625. The van der Waals surface area contributed by atoms with Gasteiger partial charge in [-0.1, -0.05) is 44.2 Å². The van der Waals surface area contributed by atoms with Crippen LogP contribution in [0, 0.1) is 0 Å². The molecule has 0 aromatic heterocycles. The summed E-state index contributed by atoms with van der Waals surface area (Å²) in [6.45, 7) is 8.87. The summed E-state index contributed by atoms with van der Waals surface area (Å²) in [4.78, 5) is 0. The minimum absolute atomic E-state index is 0.152. The van der Waals surface area contributed by atoms with Crippen molar-refractivity contribution in [1.82, 2.24) is 5.32 Å². The highest BCUT2D eigenvalue weighted by atomic mass is 32.2. The first-order valence-electron chi connectivity index (χ1n) is 6.93. The lowest BCUT2D eigenvalue weighted by Crippen LogP contribution is -2.40. The molecule has 1 aromatic carbocycles. The summed E-state index contributed by atoms with van der Waals surface area (Å²) in [5.41, 5.74) is 1.52. The lowest BCUT2D eigenvalue weighted by Gasteiger charge is -2.30. The van der Waals surface area contributed by atoms with Gasteiger partial charge in [0.25, 0.3) is 0 Å². The van der Waals surface area contributed by atoms with Crippen molar-refractivity contribution in [3.05, 3.63) is 35.9 Å². The topological polar surface area (TPSA) is 29.1 Å². The zero-order valence-electron chi connectivity index (χ0n) is 12.8. The molecular formula is C16H27NOS. The van der Waals surface area contributed by atoms with Crippen LogP contribution in [0.4, 0.5) is 0 Å². The van der Waals surface area contributed by atoms with E-state index in [-0.39, 0.29) is 5.41 Å². The summed E-state index contributed by atoms with van der Waals surface area (Å²) in [5, 5.41) is 3.54. The minimum Gasteiger partial charge on any atom is -0.311 e. The zero-order valence-corrected chi connectivity index (χ0v) is 13.6. The minimum atomic E-state index is -0.734. The van der Waals surface area contributed by atoms with Crippen molar-refractivity contribution in [1.29, 1.82) is 0 Å². The first-order valence-corrected chi connectivity index (χ1v) is 8.65. The lowest BCUT2D eigenvalue weighted by atomic mass is 9.79. The fourth-order valence-electron chi connectivity index (χ4n) is 2.72. The Morgan fingerprint density at radius 3 is 2.26 bits per heavy atom. The Kier molecular flexibility index (Phi) is 6.21. The molecule has 0 saturated carbocycles. The maximum atomic E-state index is 11.2. The second kappa shape index (κ2) is 7.20. The third-order valence-corrected chi connectivity index (χ3v) is 4.39. The van der Waals surface area contributed by atoms with Gasteiger partial charge in [0.05, 0.1) is 0 Å². The summed E-state index contributed by atoms with van der Waals surface area (Å²) >= 11 is 0. The predicted molar refractivity (Wildman–Crippen MR) is 85.1 cm³/mol. The smallest absolute Gasteiger partial charge is 0.0383 e. The van der Waals surface area contributed by atoms with Gasteiger partial charge in [0, 0.05) is 34.9 Å². The molecule has 2 nitrogen and oxygen atoms in total. The normalized spacial score (nSPS) is 16.9. The van der Waals surface area contributed by atoms with Gasteiger partial charge in [0.2, 0.25) is 0 Å². The van der Waals surface area contributed by atoms with Crippen molar-refractivity contribution in [2.45, 2.75) is 51.6 Å². The van der Waals surface area contributed by atoms with Crippen LogP contribution in [0.1, 0.15) is 39.7 Å². The summed E-state index contributed by atoms with van der Waals surface area (Å²) in [6, 6.07) is 11.3. The predicted octanol–water partition coefficient (Wildman–Crippen LogP) is 3.10. The van der Waals surface area contributed by atoms with Crippen molar-refractivity contribution in [2.75, 3.05) is 12.0 Å². The molecule has 0 fully saturated rings. The van der Waals surface area contributed by atoms with Gasteiger partial charge in [-0.15, -0.1) is 0 Å². The van der Waals surface area contributed by atoms with Crippen molar-refractivity contribution in [3.63, 3.8) is 0 Å². The first kappa shape index (κ1) is 16.4. The van der Waals surface area contributed by atoms with E-state index < -0.39 is 10.8 Å². The van der Waals surface area contributed by atoms with Crippen molar-refractivity contribution in [3.8, 4) is 0 Å². The third-order valence-electron chi connectivity index (χ3n) is 3.43. The molecule has 0 aliphatic rings. The van der Waals surface area contributed by atoms with Crippen molar-refractivity contribution < 1.29 is 4.21 Å². The highest BCUT2D eigenvalue weighted by Crippen LogP contribution is 2.28. The Labute approximate surface area is 120 Å². The van der Waals surface area contributed by atoms with Gasteiger partial charge in [-0.05, 0) is 31.2 Å². The quantitative estimate of drug-likeness (QED) is 0.832. The molecule has 0 aliphatic heterocycles. The number of rotatable bonds is 7. The van der Waals surface area contributed by atoms with Crippen LogP contribution in [-0.2, 0) is 16.2 Å². The maximum Gasteiger partial charge on any atom is 0.0383 e. The van der Waals surface area contributed by atoms with E-state index in [1.807, 2.05) is 0 Å². The standard InChI is InChI=1S/C16H27NOS/c1-13(17-14(2)12-19(5)18)11-16(3,4)15-9-7-6-8-10-15/h6-10,13-14,17H,11-12H2,1-5H3. The molecule has 1 N–H and O–H groups in total. The van der Waals surface area contributed by atoms with Crippen LogP contribution >= 0.6 is 0 Å². The van der Waals surface area contributed by atoms with E-state index in [0.717, 1.165) is 12.2 Å². The molecule has 0 saturated heterocycles. The van der Waals surface area contributed by atoms with Crippen LogP contribution in [0.15, 0.2) is 30.3 Å². The Balaban J connectivity index is 2.56. The van der Waals surface area contributed by atoms with E-state index in [0.29, 0.717) is 12.1 Å². The second-order valence-corrected chi connectivity index (χ2v) is 7.64. The molecule has 0 amide bonds. The molecule has 0 bridgehead atoms. The molecule has 19 heavy (non-hydrogen) atoms. The van der Waals surface area contributed by atoms with Gasteiger partial charge in [-0.2, -0.15) is 0 Å². The summed E-state index contributed by atoms with van der Waals surface area (Å²) in [6.07, 6.45) is 2.83. The van der Waals surface area contributed by atoms with Gasteiger partial charge >= 0.3 is 0 Å². The van der Waals surface area contributed by atoms with E-state index in [9.17, 15) is 4.21 Å². The second-order valence-electron chi connectivity index (χ2n) is 6.16. The van der Waals surface area contributed by atoms with Gasteiger partial charge in [-0.25, -0.2) is 0 Å². The number of nitrogens with one attached hydrogen (secondary N) is 1. The highest BCUT2D eigenvalue weighted by molar-refractivity contribution is 7.84. The highest BCUT2D eigenvalue weighted by Gasteiger charge is 2.23. The lowest BCUT2D eigenvalue weighted by molar-refractivity contribution is 0.371. The Morgan fingerprint density at radius 2 is 1.74 bits per heavy atom. The largest absolute Gasteiger partial charge is 0.311 e. The Bertz CT molecular complexity index is 402. The molecule has 0 radical (unpaired) electrons. The molecule has 0 spiro atoms. The summed E-state index contributed by atoms with van der Waals surface area (Å²) in [5.74, 6) is 0.718. The molecule has 0 heterocycles. The van der Waals surface area contributed by atoms with Crippen molar-refractivity contribution in [2.24, 2.45) is 0 Å². The average Bonchev–Trinajstić information content (AvgIpc) is 2.27. The molecule has 1 aromatic rings. The molecular weight excluding hydrogens is 254 g/mol. The summed E-state index contributed by atoms with van der Waals surface area (Å²) in [7, 11) is -0.734. The van der Waals surface area contributed by atoms with Crippen LogP contribution < -0.4 is 5.32 Å². The molecule has 1 rings (SSSR count). The molecule has 3 atom stereocenters. The van der Waals surface area contributed by atoms with E-state index in [4.69, 9.17) is 0 Å². The zero-order chi connectivity index (χ0) is 14.5. The Hall–Kier alpha value is -0.670. The van der Waals surface area contributed by atoms with E-state index in [2.05, 4.69) is 63.3 Å². The maximum absolute atomic E-state index is 11.2. The van der Waals surface area contributed by atoms with E-state index >= 15 is 0 Å². The molecule has 108 valence electrons. The number of benzene rings is 1. The van der Waals surface area contributed by atoms with Crippen LogP contribution in [0.25, 0.3) is 0 Å². The number of hydrogen-bond donors (Lipinski definition) is 1. The van der Waals surface area contributed by atoms with Crippen LogP contribution in [0.2, 0.25) is 0 Å². The third kappa shape index (κ3) is 5.87. The average molecular weight is 281 g/mol. The van der Waals surface area contributed by atoms with Crippen LogP contribution in [-0.4, -0.2) is 28.3 Å². The monoisotopic (exact) mass is 281 g/mol. The summed E-state index contributed by atoms with van der Waals surface area (Å²) < 4.78 is 11.2. The van der Waals surface area contributed by atoms with Crippen LogP contribution in [0.5, 0.6) is 0 Å². The number of hydrogen-bond acceptors (Lipinski definition) is 2.